The molecule has 8 nitrogen and oxygen atoms in total. The van der Waals surface area contributed by atoms with Gasteiger partial charge in [-0.3, -0.25) is 14.4 Å². The molecule has 3 amide bonds. The molecule has 0 bridgehead atoms. The van der Waals surface area contributed by atoms with Crippen LogP contribution in [0.25, 0.3) is 0 Å². The molecule has 8 heteroatoms. The lowest BCUT2D eigenvalue weighted by atomic mass is 10.2. The van der Waals surface area contributed by atoms with Crippen LogP contribution in [0.15, 0.2) is 47.1 Å². The lowest BCUT2D eigenvalue weighted by molar-refractivity contribution is -0.918. The first-order valence-electron chi connectivity index (χ1n) is 10.1. The van der Waals surface area contributed by atoms with Crippen molar-refractivity contribution in [2.24, 2.45) is 0 Å². The average Bonchev–Trinajstić information content (AvgIpc) is 3.28. The van der Waals surface area contributed by atoms with Crippen LogP contribution in [0, 0.1) is 6.92 Å². The van der Waals surface area contributed by atoms with Gasteiger partial charge in [-0.25, -0.2) is 0 Å². The van der Waals surface area contributed by atoms with Gasteiger partial charge in [0, 0.05) is 12.7 Å². The number of rotatable bonds is 6. The maximum Gasteiger partial charge on any atom is 0.289 e. The molecule has 160 valence electrons. The highest BCUT2D eigenvalue weighted by atomic mass is 16.3. The quantitative estimate of drug-likeness (QED) is 0.718. The van der Waals surface area contributed by atoms with Crippen molar-refractivity contribution in [2.75, 3.05) is 45.1 Å². The number of nitrogens with zero attached hydrogens (tertiary/aromatic N) is 2. The Labute approximate surface area is 176 Å². The summed E-state index contributed by atoms with van der Waals surface area (Å²) in [6.07, 6.45) is 1.49. The third kappa shape index (κ3) is 5.27. The van der Waals surface area contributed by atoms with Gasteiger partial charge in [-0.05, 0) is 38.1 Å². The number of hydrogen-bond acceptors (Lipinski definition) is 4. The molecule has 0 spiro atoms. The second-order valence-electron chi connectivity index (χ2n) is 7.76. The number of aryl methyl sites for hydroxylation is 1. The molecule has 1 aliphatic heterocycles. The summed E-state index contributed by atoms with van der Waals surface area (Å²) >= 11 is 0. The minimum Gasteiger partial charge on any atom is -0.459 e. The molecule has 3 rings (SSSR count). The predicted octanol–water partition coefficient (Wildman–Crippen LogP) is 0.414. The average molecular weight is 413 g/mol. The highest BCUT2D eigenvalue weighted by Gasteiger charge is 2.33. The summed E-state index contributed by atoms with van der Waals surface area (Å²) in [6, 6.07) is 10.6. The van der Waals surface area contributed by atoms with Crippen molar-refractivity contribution in [2.45, 2.75) is 19.9 Å². The number of carbonyl (C=O) groups excluding carboxylic acids is 3. The summed E-state index contributed by atoms with van der Waals surface area (Å²) in [5, 5.41) is 2.81. The Kier molecular flexibility index (Phi) is 6.89. The van der Waals surface area contributed by atoms with E-state index in [1.807, 2.05) is 38.1 Å². The topological polar surface area (TPSA) is 87.3 Å². The highest BCUT2D eigenvalue weighted by Crippen LogP contribution is 2.09. The van der Waals surface area contributed by atoms with E-state index in [4.69, 9.17) is 4.42 Å². The van der Waals surface area contributed by atoms with E-state index in [1.54, 1.807) is 24.1 Å². The molecule has 2 aromatic rings. The van der Waals surface area contributed by atoms with Gasteiger partial charge in [0.15, 0.2) is 11.8 Å². The number of hydrogen-bond donors (Lipinski definition) is 2. The van der Waals surface area contributed by atoms with Gasteiger partial charge in [0.05, 0.1) is 39.0 Å². The van der Waals surface area contributed by atoms with Crippen LogP contribution in [-0.4, -0.2) is 73.3 Å². The number of benzene rings is 1. The number of nitrogens with one attached hydrogen (secondary N) is 2. The Bertz CT molecular complexity index is 871. The molecule has 1 aromatic heterocycles. The van der Waals surface area contributed by atoms with Gasteiger partial charge in [0.2, 0.25) is 5.91 Å². The van der Waals surface area contributed by atoms with Crippen LogP contribution in [0.4, 0.5) is 5.69 Å². The molecule has 2 N–H and O–H groups in total. The molecular weight excluding hydrogens is 384 g/mol. The van der Waals surface area contributed by atoms with E-state index in [2.05, 4.69) is 5.32 Å². The number of piperazine rings is 1. The molecule has 2 heterocycles. The Morgan fingerprint density at radius 3 is 2.43 bits per heavy atom. The molecule has 1 fully saturated rings. The standard InChI is InChI=1S/C22H28N4O4/c1-16-6-8-18(9-7-16)23-20(27)15-24(3)21(28)17(2)25-10-12-26(13-11-25)22(29)19-5-4-14-30-19/h4-9,14,17H,10-13,15H2,1-3H3,(H,23,27)/p+1/t17-/m0/s1. The van der Waals surface area contributed by atoms with E-state index >= 15 is 0 Å². The molecule has 0 unspecified atom stereocenters. The van der Waals surface area contributed by atoms with Crippen LogP contribution < -0.4 is 10.2 Å². The van der Waals surface area contributed by atoms with Crippen LogP contribution in [-0.2, 0) is 9.59 Å². The molecule has 1 saturated heterocycles. The van der Waals surface area contributed by atoms with Crippen molar-refractivity contribution in [3.8, 4) is 0 Å². The first-order chi connectivity index (χ1) is 14.3. The summed E-state index contributed by atoms with van der Waals surface area (Å²) in [4.78, 5) is 41.8. The summed E-state index contributed by atoms with van der Waals surface area (Å²) in [5.74, 6) is -0.106. The van der Waals surface area contributed by atoms with E-state index in [0.717, 1.165) is 10.5 Å². The van der Waals surface area contributed by atoms with Crippen molar-refractivity contribution >= 4 is 23.4 Å². The Hall–Kier alpha value is -3.13. The van der Waals surface area contributed by atoms with Gasteiger partial charge in [0.1, 0.15) is 0 Å². The minimum absolute atomic E-state index is 0.00651. The van der Waals surface area contributed by atoms with E-state index in [0.29, 0.717) is 37.6 Å². The SMILES string of the molecule is Cc1ccc(NC(=O)CN(C)C(=O)[C@H](C)[NH+]2CCN(C(=O)c3ccco3)CC2)cc1. The van der Waals surface area contributed by atoms with Gasteiger partial charge in [0.25, 0.3) is 11.8 Å². The van der Waals surface area contributed by atoms with Crippen molar-refractivity contribution in [3.05, 3.63) is 54.0 Å². The Morgan fingerprint density at radius 1 is 1.17 bits per heavy atom. The van der Waals surface area contributed by atoms with Crippen molar-refractivity contribution in [1.82, 2.24) is 9.80 Å². The lowest BCUT2D eigenvalue weighted by Crippen LogP contribution is -3.19. The monoisotopic (exact) mass is 413 g/mol. The number of carbonyl (C=O) groups is 3. The summed E-state index contributed by atoms with van der Waals surface area (Å²) < 4.78 is 5.18. The van der Waals surface area contributed by atoms with Gasteiger partial charge in [-0.1, -0.05) is 17.7 Å². The highest BCUT2D eigenvalue weighted by molar-refractivity contribution is 5.95. The van der Waals surface area contributed by atoms with E-state index in [9.17, 15) is 14.4 Å². The fraction of sp³-hybridized carbons (Fsp3) is 0.409. The zero-order valence-electron chi connectivity index (χ0n) is 17.7. The van der Waals surface area contributed by atoms with Crippen LogP contribution in [0.3, 0.4) is 0 Å². The molecule has 1 aliphatic rings. The number of quaternary nitrogens is 1. The number of furan rings is 1. The third-order valence-electron chi connectivity index (χ3n) is 5.50. The van der Waals surface area contributed by atoms with Crippen molar-refractivity contribution in [1.29, 1.82) is 0 Å². The van der Waals surface area contributed by atoms with Crippen molar-refractivity contribution < 1.29 is 23.7 Å². The van der Waals surface area contributed by atoms with E-state index in [1.165, 1.54) is 11.2 Å². The Morgan fingerprint density at radius 2 is 1.83 bits per heavy atom. The fourth-order valence-electron chi connectivity index (χ4n) is 3.62. The normalized spacial score (nSPS) is 15.5. The maximum atomic E-state index is 12.8. The summed E-state index contributed by atoms with van der Waals surface area (Å²) in [6.45, 7) is 6.30. The molecule has 0 saturated carbocycles. The Balaban J connectivity index is 1.47. The van der Waals surface area contributed by atoms with Gasteiger partial charge in [-0.15, -0.1) is 0 Å². The molecule has 0 radical (unpaired) electrons. The third-order valence-corrected chi connectivity index (χ3v) is 5.50. The summed E-state index contributed by atoms with van der Waals surface area (Å²) in [5.41, 5.74) is 1.82. The first kappa shape index (κ1) is 21.6. The molecule has 0 aliphatic carbocycles. The molecule has 30 heavy (non-hydrogen) atoms. The second kappa shape index (κ2) is 9.58. The smallest absolute Gasteiger partial charge is 0.289 e. The fourth-order valence-corrected chi connectivity index (χ4v) is 3.62. The van der Waals surface area contributed by atoms with Crippen molar-refractivity contribution in [3.63, 3.8) is 0 Å². The number of anilines is 1. The molecule has 1 aromatic carbocycles. The number of likely N-dealkylation sites (N-methyl/N-ethyl adjacent to an activating group) is 1. The minimum atomic E-state index is -0.289. The second-order valence-corrected chi connectivity index (χ2v) is 7.76. The molecule has 1 atom stereocenters. The van der Waals surface area contributed by atoms with Crippen LogP contribution in [0.5, 0.6) is 0 Å². The first-order valence-corrected chi connectivity index (χ1v) is 10.1. The largest absolute Gasteiger partial charge is 0.459 e. The molecular formula is C22H29N4O4+. The lowest BCUT2D eigenvalue weighted by Gasteiger charge is -2.35. The zero-order valence-corrected chi connectivity index (χ0v) is 17.7. The van der Waals surface area contributed by atoms with Gasteiger partial charge in [-0.2, -0.15) is 0 Å². The van der Waals surface area contributed by atoms with Crippen LogP contribution in [0.2, 0.25) is 0 Å². The van der Waals surface area contributed by atoms with E-state index in [-0.39, 0.29) is 30.3 Å². The number of amides is 3. The zero-order chi connectivity index (χ0) is 21.7. The summed E-state index contributed by atoms with van der Waals surface area (Å²) in [7, 11) is 1.64. The van der Waals surface area contributed by atoms with Gasteiger partial charge >= 0.3 is 0 Å². The van der Waals surface area contributed by atoms with E-state index < -0.39 is 0 Å². The predicted molar refractivity (Wildman–Crippen MR) is 112 cm³/mol. The maximum absolute atomic E-state index is 12.8. The van der Waals surface area contributed by atoms with Gasteiger partial charge < -0.3 is 24.4 Å². The van der Waals surface area contributed by atoms with Crippen LogP contribution in [0.1, 0.15) is 23.0 Å². The van der Waals surface area contributed by atoms with Crippen LogP contribution >= 0.6 is 0 Å².